The Morgan fingerprint density at radius 1 is 0.913 bits per heavy atom. The molecule has 1 fully saturated rings. The van der Waals surface area contributed by atoms with E-state index in [1.807, 2.05) is 36.4 Å². The van der Waals surface area contributed by atoms with Gasteiger partial charge < -0.3 is 0 Å². The number of rotatable bonds is 5. The smallest absolute Gasteiger partial charge is 0.271 e. The van der Waals surface area contributed by atoms with Crippen LogP contribution in [0.25, 0.3) is 0 Å². The molecule has 2 aromatic rings. The quantitative estimate of drug-likeness (QED) is 0.916. The van der Waals surface area contributed by atoms with E-state index < -0.39 is 10.2 Å². The van der Waals surface area contributed by atoms with Crippen molar-refractivity contribution in [3.05, 3.63) is 59.9 Å². The number of benzene rings is 1. The lowest BCUT2D eigenvalue weighted by Crippen LogP contribution is -2.39. The second-order valence-corrected chi connectivity index (χ2v) is 7.47. The SMILES string of the molecule is O=S(=O)(Nc1ccc(Cc2ccncc2)cc1)N1CCCCC1. The Labute approximate surface area is 137 Å². The van der Waals surface area contributed by atoms with Crippen LogP contribution < -0.4 is 4.72 Å². The zero-order valence-electron chi connectivity index (χ0n) is 13.0. The molecule has 0 radical (unpaired) electrons. The molecule has 1 aromatic heterocycles. The molecule has 1 saturated heterocycles. The summed E-state index contributed by atoms with van der Waals surface area (Å²) in [4.78, 5) is 4.00. The van der Waals surface area contributed by atoms with E-state index in [4.69, 9.17) is 0 Å². The highest BCUT2D eigenvalue weighted by Crippen LogP contribution is 2.18. The van der Waals surface area contributed by atoms with Crippen molar-refractivity contribution in [2.45, 2.75) is 25.7 Å². The minimum Gasteiger partial charge on any atom is -0.271 e. The Morgan fingerprint density at radius 2 is 1.52 bits per heavy atom. The fourth-order valence-corrected chi connectivity index (χ4v) is 4.05. The van der Waals surface area contributed by atoms with Crippen LogP contribution in [0, 0.1) is 0 Å². The molecule has 6 heteroatoms. The van der Waals surface area contributed by atoms with E-state index in [9.17, 15) is 8.42 Å². The number of hydrogen-bond acceptors (Lipinski definition) is 3. The van der Waals surface area contributed by atoms with Gasteiger partial charge in [-0.2, -0.15) is 12.7 Å². The number of anilines is 1. The Balaban J connectivity index is 1.65. The van der Waals surface area contributed by atoms with Crippen molar-refractivity contribution in [3.8, 4) is 0 Å². The van der Waals surface area contributed by atoms with Crippen LogP contribution in [0.5, 0.6) is 0 Å². The molecule has 0 atom stereocenters. The average Bonchev–Trinajstić information content (AvgIpc) is 2.58. The highest BCUT2D eigenvalue weighted by molar-refractivity contribution is 7.90. The van der Waals surface area contributed by atoms with Gasteiger partial charge in [-0.1, -0.05) is 18.6 Å². The van der Waals surface area contributed by atoms with Gasteiger partial charge in [-0.05, 0) is 54.7 Å². The van der Waals surface area contributed by atoms with Crippen LogP contribution >= 0.6 is 0 Å². The lowest BCUT2D eigenvalue weighted by atomic mass is 10.1. The Bertz CT molecular complexity index is 724. The van der Waals surface area contributed by atoms with Gasteiger partial charge in [0.05, 0.1) is 0 Å². The summed E-state index contributed by atoms with van der Waals surface area (Å²) in [5.74, 6) is 0. The third kappa shape index (κ3) is 4.30. The molecule has 1 aliphatic heterocycles. The summed E-state index contributed by atoms with van der Waals surface area (Å²) in [6.07, 6.45) is 7.34. The number of pyridine rings is 1. The van der Waals surface area contributed by atoms with Gasteiger partial charge in [-0.25, -0.2) is 0 Å². The van der Waals surface area contributed by atoms with E-state index >= 15 is 0 Å². The largest absolute Gasteiger partial charge is 0.301 e. The summed E-state index contributed by atoms with van der Waals surface area (Å²) in [6, 6.07) is 11.5. The van der Waals surface area contributed by atoms with Crippen molar-refractivity contribution >= 4 is 15.9 Å². The van der Waals surface area contributed by atoms with E-state index in [2.05, 4.69) is 9.71 Å². The topological polar surface area (TPSA) is 62.3 Å². The third-order valence-electron chi connectivity index (χ3n) is 4.01. The number of nitrogens with one attached hydrogen (secondary N) is 1. The summed E-state index contributed by atoms with van der Waals surface area (Å²) >= 11 is 0. The highest BCUT2D eigenvalue weighted by Gasteiger charge is 2.23. The van der Waals surface area contributed by atoms with Crippen molar-refractivity contribution < 1.29 is 8.42 Å². The number of aromatic nitrogens is 1. The van der Waals surface area contributed by atoms with Gasteiger partial charge in [0.25, 0.3) is 0 Å². The first-order chi connectivity index (χ1) is 11.1. The average molecular weight is 331 g/mol. The summed E-state index contributed by atoms with van der Waals surface area (Å²) < 4.78 is 28.9. The highest BCUT2D eigenvalue weighted by atomic mass is 32.2. The molecule has 0 aliphatic carbocycles. The van der Waals surface area contributed by atoms with E-state index in [0.717, 1.165) is 31.2 Å². The van der Waals surface area contributed by atoms with Crippen LogP contribution in [-0.2, 0) is 16.6 Å². The lowest BCUT2D eigenvalue weighted by molar-refractivity contribution is 0.349. The van der Waals surface area contributed by atoms with E-state index in [1.54, 1.807) is 12.4 Å². The second kappa shape index (κ2) is 7.10. The molecule has 0 spiro atoms. The van der Waals surface area contributed by atoms with Crippen LogP contribution in [0.4, 0.5) is 5.69 Å². The van der Waals surface area contributed by atoms with E-state index in [-0.39, 0.29) is 0 Å². The van der Waals surface area contributed by atoms with Crippen molar-refractivity contribution in [3.63, 3.8) is 0 Å². The molecule has 1 aromatic carbocycles. The minimum absolute atomic E-state index is 0.606. The predicted molar refractivity (Wildman–Crippen MR) is 91.5 cm³/mol. The number of piperidine rings is 1. The predicted octanol–water partition coefficient (Wildman–Crippen LogP) is 2.82. The molecule has 2 heterocycles. The summed E-state index contributed by atoms with van der Waals surface area (Å²) in [7, 11) is -3.43. The molecule has 0 saturated carbocycles. The molecule has 3 rings (SSSR count). The van der Waals surface area contributed by atoms with Gasteiger partial charge in [0.2, 0.25) is 0 Å². The second-order valence-electron chi connectivity index (χ2n) is 5.80. The Kier molecular flexibility index (Phi) is 4.93. The fraction of sp³-hybridized carbons (Fsp3) is 0.353. The van der Waals surface area contributed by atoms with E-state index in [0.29, 0.717) is 18.8 Å². The van der Waals surface area contributed by atoms with Gasteiger partial charge in [0, 0.05) is 31.2 Å². The molecule has 5 nitrogen and oxygen atoms in total. The Morgan fingerprint density at radius 3 is 2.17 bits per heavy atom. The first kappa shape index (κ1) is 16.0. The van der Waals surface area contributed by atoms with Gasteiger partial charge >= 0.3 is 10.2 Å². The van der Waals surface area contributed by atoms with Gasteiger partial charge in [0.15, 0.2) is 0 Å². The molecule has 0 amide bonds. The monoisotopic (exact) mass is 331 g/mol. The maximum atomic E-state index is 12.3. The molecule has 0 unspecified atom stereocenters. The van der Waals surface area contributed by atoms with Crippen molar-refractivity contribution in [2.24, 2.45) is 0 Å². The molecular weight excluding hydrogens is 310 g/mol. The van der Waals surface area contributed by atoms with Crippen molar-refractivity contribution in [1.82, 2.24) is 9.29 Å². The standard InChI is InChI=1S/C17H21N3O2S/c21-23(22,20-12-2-1-3-13-20)19-17-6-4-15(5-7-17)14-16-8-10-18-11-9-16/h4-11,19H,1-3,12-14H2. The minimum atomic E-state index is -3.43. The van der Waals surface area contributed by atoms with Crippen LogP contribution in [-0.4, -0.2) is 30.8 Å². The lowest BCUT2D eigenvalue weighted by Gasteiger charge is -2.26. The van der Waals surface area contributed by atoms with Gasteiger partial charge in [-0.3, -0.25) is 9.71 Å². The molecule has 0 bridgehead atoms. The molecular formula is C17H21N3O2S. The zero-order valence-corrected chi connectivity index (χ0v) is 13.8. The maximum absolute atomic E-state index is 12.3. The molecule has 122 valence electrons. The Hall–Kier alpha value is -1.92. The summed E-state index contributed by atoms with van der Waals surface area (Å²) in [5, 5.41) is 0. The zero-order chi connectivity index (χ0) is 16.1. The van der Waals surface area contributed by atoms with Crippen molar-refractivity contribution in [1.29, 1.82) is 0 Å². The van der Waals surface area contributed by atoms with Crippen LogP contribution in [0.3, 0.4) is 0 Å². The first-order valence-electron chi connectivity index (χ1n) is 7.89. The third-order valence-corrected chi connectivity index (χ3v) is 5.55. The summed E-state index contributed by atoms with van der Waals surface area (Å²) in [6.45, 7) is 1.21. The van der Waals surface area contributed by atoms with Crippen LogP contribution in [0.2, 0.25) is 0 Å². The maximum Gasteiger partial charge on any atom is 0.301 e. The summed E-state index contributed by atoms with van der Waals surface area (Å²) in [5.41, 5.74) is 2.92. The number of nitrogens with zero attached hydrogens (tertiary/aromatic N) is 2. The molecule has 1 aliphatic rings. The van der Waals surface area contributed by atoms with Crippen LogP contribution in [0.1, 0.15) is 30.4 Å². The normalized spacial score (nSPS) is 16.2. The van der Waals surface area contributed by atoms with Crippen LogP contribution in [0.15, 0.2) is 48.8 Å². The van der Waals surface area contributed by atoms with Crippen molar-refractivity contribution in [2.75, 3.05) is 17.8 Å². The first-order valence-corrected chi connectivity index (χ1v) is 9.33. The number of hydrogen-bond donors (Lipinski definition) is 1. The van der Waals surface area contributed by atoms with Gasteiger partial charge in [0.1, 0.15) is 0 Å². The fourth-order valence-electron chi connectivity index (χ4n) is 2.75. The molecule has 23 heavy (non-hydrogen) atoms. The molecule has 1 N–H and O–H groups in total. The van der Waals surface area contributed by atoms with E-state index in [1.165, 1.54) is 9.87 Å². The van der Waals surface area contributed by atoms with Gasteiger partial charge in [-0.15, -0.1) is 0 Å².